The van der Waals surface area contributed by atoms with Gasteiger partial charge in [0.1, 0.15) is 0 Å². The third kappa shape index (κ3) is 2.58. The van der Waals surface area contributed by atoms with E-state index in [1.165, 1.54) is 0 Å². The summed E-state index contributed by atoms with van der Waals surface area (Å²) in [5.41, 5.74) is 5.34. The van der Waals surface area contributed by atoms with Crippen molar-refractivity contribution in [3.05, 3.63) is 0 Å². The Balaban J connectivity index is 2.01. The summed E-state index contributed by atoms with van der Waals surface area (Å²) in [6, 6.07) is 0. The second-order valence-electron chi connectivity index (χ2n) is 2.10. The van der Waals surface area contributed by atoms with Gasteiger partial charge in [0.05, 0.1) is 6.54 Å². The molecule has 4 heteroatoms. The van der Waals surface area contributed by atoms with E-state index >= 15 is 0 Å². The van der Waals surface area contributed by atoms with E-state index < -0.39 is 0 Å². The third-order valence-electron chi connectivity index (χ3n) is 1.23. The maximum absolute atomic E-state index is 5.34. The van der Waals surface area contributed by atoms with Crippen molar-refractivity contribution in [1.29, 1.82) is 0 Å². The van der Waals surface area contributed by atoms with Crippen LogP contribution in [-0.4, -0.2) is 30.6 Å². The number of amidine groups is 1. The van der Waals surface area contributed by atoms with Crippen LogP contribution in [0.2, 0.25) is 0 Å². The van der Waals surface area contributed by atoms with Crippen LogP contribution in [0.25, 0.3) is 0 Å². The second kappa shape index (κ2) is 4.57. The highest BCUT2D eigenvalue weighted by Crippen LogP contribution is 2.05. The number of aliphatic imine (C=N–C) groups is 1. The van der Waals surface area contributed by atoms with Gasteiger partial charge in [0.25, 0.3) is 0 Å². The highest BCUT2D eigenvalue weighted by Gasteiger charge is 2.03. The summed E-state index contributed by atoms with van der Waals surface area (Å²) in [4.78, 5) is 4.24. The van der Waals surface area contributed by atoms with Crippen LogP contribution in [0, 0.1) is 0 Å². The van der Waals surface area contributed by atoms with Crippen LogP contribution in [0.15, 0.2) is 4.99 Å². The first-order valence-corrected chi connectivity index (χ1v) is 4.53. The fourth-order valence-electron chi connectivity index (χ4n) is 0.725. The fourth-order valence-corrected chi connectivity index (χ4v) is 1.62. The Morgan fingerprint density at radius 2 is 2.60 bits per heavy atom. The van der Waals surface area contributed by atoms with Gasteiger partial charge in [-0.1, -0.05) is 11.8 Å². The first-order chi connectivity index (χ1) is 4.93. The summed E-state index contributed by atoms with van der Waals surface area (Å²) in [6.45, 7) is 2.72. The molecule has 3 nitrogen and oxygen atoms in total. The molecule has 0 saturated heterocycles. The van der Waals surface area contributed by atoms with Crippen LogP contribution < -0.4 is 11.1 Å². The van der Waals surface area contributed by atoms with Gasteiger partial charge in [-0.05, 0) is 13.0 Å². The van der Waals surface area contributed by atoms with Gasteiger partial charge in [-0.3, -0.25) is 4.99 Å². The Bertz CT molecular complexity index is 124. The van der Waals surface area contributed by atoms with Crippen molar-refractivity contribution in [2.75, 3.05) is 25.4 Å². The van der Waals surface area contributed by atoms with Crippen LogP contribution in [0.3, 0.4) is 0 Å². The molecule has 0 amide bonds. The molecule has 3 N–H and O–H groups in total. The summed E-state index contributed by atoms with van der Waals surface area (Å²) in [5, 5.41) is 4.28. The van der Waals surface area contributed by atoms with Crippen molar-refractivity contribution in [2.45, 2.75) is 6.42 Å². The molecule has 0 atom stereocenters. The first-order valence-electron chi connectivity index (χ1n) is 3.54. The van der Waals surface area contributed by atoms with Crippen LogP contribution >= 0.6 is 11.8 Å². The van der Waals surface area contributed by atoms with E-state index in [1.807, 2.05) is 0 Å². The van der Waals surface area contributed by atoms with Crippen LogP contribution in [-0.2, 0) is 0 Å². The highest BCUT2D eigenvalue weighted by molar-refractivity contribution is 8.13. The van der Waals surface area contributed by atoms with Crippen LogP contribution in [0.4, 0.5) is 0 Å². The topological polar surface area (TPSA) is 50.4 Å². The van der Waals surface area contributed by atoms with Gasteiger partial charge >= 0.3 is 0 Å². The van der Waals surface area contributed by atoms with Gasteiger partial charge < -0.3 is 11.1 Å². The molecule has 0 saturated carbocycles. The molecule has 0 radical (unpaired) electrons. The van der Waals surface area contributed by atoms with Crippen molar-refractivity contribution in [3.8, 4) is 0 Å². The molecule has 1 aliphatic rings. The second-order valence-corrected chi connectivity index (χ2v) is 3.19. The van der Waals surface area contributed by atoms with Crippen LogP contribution in [0.1, 0.15) is 6.42 Å². The van der Waals surface area contributed by atoms with Crippen molar-refractivity contribution in [3.63, 3.8) is 0 Å². The van der Waals surface area contributed by atoms with Gasteiger partial charge in [0, 0.05) is 12.3 Å². The van der Waals surface area contributed by atoms with Gasteiger partial charge in [-0.25, -0.2) is 0 Å². The quantitative estimate of drug-likeness (QED) is 0.571. The van der Waals surface area contributed by atoms with E-state index in [0.29, 0.717) is 0 Å². The summed E-state index contributed by atoms with van der Waals surface area (Å²) in [7, 11) is 0. The number of thioether (sulfide) groups is 1. The number of nitrogens with zero attached hydrogens (tertiary/aromatic N) is 1. The Morgan fingerprint density at radius 3 is 3.20 bits per heavy atom. The lowest BCUT2D eigenvalue weighted by atomic mass is 10.5. The predicted molar refractivity (Wildman–Crippen MR) is 46.4 cm³/mol. The minimum Gasteiger partial charge on any atom is -0.363 e. The van der Waals surface area contributed by atoms with Crippen molar-refractivity contribution >= 4 is 16.9 Å². The lowest BCUT2D eigenvalue weighted by molar-refractivity contribution is 0.944. The van der Waals surface area contributed by atoms with E-state index in [2.05, 4.69) is 10.3 Å². The van der Waals surface area contributed by atoms with Crippen molar-refractivity contribution in [2.24, 2.45) is 10.7 Å². The zero-order valence-electron chi connectivity index (χ0n) is 5.97. The lowest BCUT2D eigenvalue weighted by Crippen LogP contribution is -2.15. The fraction of sp³-hybridized carbons (Fsp3) is 0.833. The Hall–Kier alpha value is -0.220. The molecular formula is C6H13N3S. The molecule has 0 fully saturated rings. The largest absolute Gasteiger partial charge is 0.363 e. The molecule has 1 rings (SSSR count). The molecule has 0 aromatic rings. The van der Waals surface area contributed by atoms with Crippen LogP contribution in [0.5, 0.6) is 0 Å². The lowest BCUT2D eigenvalue weighted by Gasteiger charge is -1.98. The smallest absolute Gasteiger partial charge is 0.156 e. The number of nitrogens with one attached hydrogen (secondary N) is 1. The molecule has 0 aliphatic carbocycles. The van der Waals surface area contributed by atoms with E-state index in [9.17, 15) is 0 Å². The minimum atomic E-state index is 0.778. The molecule has 0 aromatic heterocycles. The maximum Gasteiger partial charge on any atom is 0.156 e. The molecule has 0 spiro atoms. The van der Waals surface area contributed by atoms with E-state index in [0.717, 1.165) is 37.0 Å². The number of nitrogens with two attached hydrogens (primary N) is 1. The summed E-state index contributed by atoms with van der Waals surface area (Å²) in [5.74, 6) is 1.09. The molecule has 0 bridgehead atoms. The highest BCUT2D eigenvalue weighted by atomic mass is 32.2. The number of rotatable bonds is 3. The summed E-state index contributed by atoms with van der Waals surface area (Å²) in [6.07, 6.45) is 1.07. The molecular weight excluding hydrogens is 146 g/mol. The standard InChI is InChI=1S/C6H13N3S/c7-2-1-5-10-6-8-3-4-9-6/h1-5,7H2,(H,8,9). The average molecular weight is 159 g/mol. The maximum atomic E-state index is 5.34. The van der Waals surface area contributed by atoms with Gasteiger partial charge in [0.2, 0.25) is 0 Å². The Labute approximate surface area is 65.5 Å². The normalized spacial score (nSPS) is 16.7. The average Bonchev–Trinajstić information content (AvgIpc) is 2.41. The first kappa shape index (κ1) is 7.88. The molecule has 1 heterocycles. The summed E-state index contributed by atoms with van der Waals surface area (Å²) < 4.78 is 0. The monoisotopic (exact) mass is 159 g/mol. The Morgan fingerprint density at radius 1 is 1.70 bits per heavy atom. The van der Waals surface area contributed by atoms with E-state index in [1.54, 1.807) is 11.8 Å². The summed E-state index contributed by atoms with van der Waals surface area (Å²) >= 11 is 1.77. The van der Waals surface area contributed by atoms with Crippen molar-refractivity contribution in [1.82, 2.24) is 5.32 Å². The van der Waals surface area contributed by atoms with Crippen molar-refractivity contribution < 1.29 is 0 Å². The molecule has 58 valence electrons. The van der Waals surface area contributed by atoms with Gasteiger partial charge in [-0.2, -0.15) is 0 Å². The Kier molecular flexibility index (Phi) is 3.60. The van der Waals surface area contributed by atoms with Gasteiger partial charge in [0.15, 0.2) is 5.17 Å². The molecule has 1 aliphatic heterocycles. The van der Waals surface area contributed by atoms with E-state index in [-0.39, 0.29) is 0 Å². The zero-order chi connectivity index (χ0) is 7.23. The SMILES string of the molecule is NCCCSC1=NCCN1. The molecule has 0 unspecified atom stereocenters. The minimum absolute atomic E-state index is 0.778. The van der Waals surface area contributed by atoms with E-state index in [4.69, 9.17) is 5.73 Å². The van der Waals surface area contributed by atoms with Gasteiger partial charge in [-0.15, -0.1) is 0 Å². The third-order valence-corrected chi connectivity index (χ3v) is 2.27. The predicted octanol–water partition coefficient (Wildman–Crippen LogP) is 0.0276. The number of hydrogen-bond acceptors (Lipinski definition) is 4. The number of hydrogen-bond donors (Lipinski definition) is 2. The zero-order valence-corrected chi connectivity index (χ0v) is 6.78. The molecule has 10 heavy (non-hydrogen) atoms. The molecule has 0 aromatic carbocycles.